The molecule has 0 unspecified atom stereocenters. The fourth-order valence-electron chi connectivity index (χ4n) is 2.95. The Hall–Kier alpha value is -2.70. The van der Waals surface area contributed by atoms with E-state index >= 15 is 0 Å². The summed E-state index contributed by atoms with van der Waals surface area (Å²) in [6.45, 7) is 10.6. The van der Waals surface area contributed by atoms with Crippen LogP contribution in [0.5, 0.6) is 11.5 Å². The zero-order valence-electron chi connectivity index (χ0n) is 17.1. The number of hydrogen-bond acceptors (Lipinski definition) is 5. The predicted molar refractivity (Wildman–Crippen MR) is 107 cm³/mol. The van der Waals surface area contributed by atoms with E-state index in [0.717, 1.165) is 0 Å². The van der Waals surface area contributed by atoms with Gasteiger partial charge in [-0.25, -0.2) is 4.79 Å². The predicted octanol–water partition coefficient (Wildman–Crippen LogP) is 3.39. The maximum atomic E-state index is 12.8. The molecule has 1 aliphatic rings. The molecular formula is C21H30N2O5. The fourth-order valence-corrected chi connectivity index (χ4v) is 2.95. The van der Waals surface area contributed by atoms with Gasteiger partial charge in [-0.15, -0.1) is 0 Å². The van der Waals surface area contributed by atoms with Crippen LogP contribution in [0, 0.1) is 0 Å². The van der Waals surface area contributed by atoms with Crippen molar-refractivity contribution in [2.24, 2.45) is 0 Å². The van der Waals surface area contributed by atoms with Gasteiger partial charge in [0, 0.05) is 24.7 Å². The first-order valence-corrected chi connectivity index (χ1v) is 9.44. The van der Waals surface area contributed by atoms with E-state index in [4.69, 9.17) is 14.2 Å². The zero-order chi connectivity index (χ0) is 20.7. The molecule has 1 aromatic carbocycles. The monoisotopic (exact) mass is 390 g/mol. The third-order valence-corrected chi connectivity index (χ3v) is 4.27. The molecule has 0 radical (unpaired) electrons. The summed E-state index contributed by atoms with van der Waals surface area (Å²) in [7, 11) is 1.54. The first kappa shape index (κ1) is 21.6. The molecule has 1 fully saturated rings. The average molecular weight is 390 g/mol. The molecule has 0 atom stereocenters. The number of piperidine rings is 1. The van der Waals surface area contributed by atoms with Crippen LogP contribution in [0.25, 0.3) is 0 Å². The number of likely N-dealkylation sites (tertiary alicyclic amines) is 1. The van der Waals surface area contributed by atoms with Gasteiger partial charge in [-0.3, -0.25) is 4.79 Å². The van der Waals surface area contributed by atoms with Gasteiger partial charge in [0.1, 0.15) is 12.2 Å². The molecule has 0 spiro atoms. The van der Waals surface area contributed by atoms with Crippen LogP contribution in [0.3, 0.4) is 0 Å². The molecule has 0 saturated carbocycles. The van der Waals surface area contributed by atoms with Crippen LogP contribution in [-0.4, -0.2) is 55.3 Å². The average Bonchev–Trinajstić information content (AvgIpc) is 2.64. The standard InChI is InChI=1S/C21H30N2O5/c1-6-13-27-17-8-7-15(14-18(17)26-5)19(24)23-11-9-16(10-12-23)22-20(25)28-21(2,3)4/h6-8,14,16H,1,9-13H2,2-5H3,(H,22,25). The van der Waals surface area contributed by atoms with Crippen LogP contribution in [0.4, 0.5) is 4.79 Å². The van der Waals surface area contributed by atoms with Crippen molar-refractivity contribution < 1.29 is 23.8 Å². The van der Waals surface area contributed by atoms with Gasteiger partial charge in [-0.05, 0) is 51.8 Å². The lowest BCUT2D eigenvalue weighted by Crippen LogP contribution is -2.47. The molecule has 154 valence electrons. The van der Waals surface area contributed by atoms with E-state index in [1.165, 1.54) is 7.11 Å². The molecule has 1 aliphatic heterocycles. The highest BCUT2D eigenvalue weighted by atomic mass is 16.6. The van der Waals surface area contributed by atoms with Gasteiger partial charge in [0.25, 0.3) is 5.91 Å². The number of nitrogens with zero attached hydrogens (tertiary/aromatic N) is 1. The molecule has 1 aromatic rings. The molecule has 1 heterocycles. The van der Waals surface area contributed by atoms with Gasteiger partial charge in [0.2, 0.25) is 0 Å². The summed E-state index contributed by atoms with van der Waals surface area (Å²) < 4.78 is 16.1. The molecule has 0 aliphatic carbocycles. The quantitative estimate of drug-likeness (QED) is 0.754. The van der Waals surface area contributed by atoms with E-state index in [2.05, 4.69) is 11.9 Å². The van der Waals surface area contributed by atoms with Gasteiger partial charge in [-0.2, -0.15) is 0 Å². The minimum absolute atomic E-state index is 0.00288. The van der Waals surface area contributed by atoms with E-state index in [0.29, 0.717) is 49.6 Å². The smallest absolute Gasteiger partial charge is 0.407 e. The molecule has 2 rings (SSSR count). The highest BCUT2D eigenvalue weighted by molar-refractivity contribution is 5.95. The second-order valence-electron chi connectivity index (χ2n) is 7.68. The maximum absolute atomic E-state index is 12.8. The number of ether oxygens (including phenoxy) is 3. The lowest BCUT2D eigenvalue weighted by atomic mass is 10.0. The summed E-state index contributed by atoms with van der Waals surface area (Å²) in [5.41, 5.74) is 0.0165. The number of rotatable bonds is 6. The summed E-state index contributed by atoms with van der Waals surface area (Å²) in [4.78, 5) is 26.5. The molecule has 28 heavy (non-hydrogen) atoms. The van der Waals surface area contributed by atoms with Crippen molar-refractivity contribution in [2.45, 2.75) is 45.3 Å². The van der Waals surface area contributed by atoms with E-state index in [1.807, 2.05) is 20.8 Å². The number of hydrogen-bond donors (Lipinski definition) is 1. The van der Waals surface area contributed by atoms with Crippen LogP contribution in [0.15, 0.2) is 30.9 Å². The summed E-state index contributed by atoms with van der Waals surface area (Å²) in [6, 6.07) is 5.15. The molecule has 1 N–H and O–H groups in total. The second kappa shape index (κ2) is 9.48. The van der Waals surface area contributed by atoms with Crippen molar-refractivity contribution in [3.05, 3.63) is 36.4 Å². The van der Waals surface area contributed by atoms with Crippen LogP contribution < -0.4 is 14.8 Å². The number of amides is 2. The molecule has 7 nitrogen and oxygen atoms in total. The second-order valence-corrected chi connectivity index (χ2v) is 7.68. The highest BCUT2D eigenvalue weighted by Crippen LogP contribution is 2.29. The Labute approximate surface area is 166 Å². The molecule has 0 aromatic heterocycles. The molecule has 2 amide bonds. The first-order chi connectivity index (χ1) is 13.2. The Morgan fingerprint density at radius 3 is 2.50 bits per heavy atom. The van der Waals surface area contributed by atoms with Crippen LogP contribution in [0.1, 0.15) is 44.0 Å². The zero-order valence-corrected chi connectivity index (χ0v) is 17.1. The van der Waals surface area contributed by atoms with Crippen LogP contribution in [-0.2, 0) is 4.74 Å². The largest absolute Gasteiger partial charge is 0.493 e. The minimum Gasteiger partial charge on any atom is -0.493 e. The van der Waals surface area contributed by atoms with Gasteiger partial charge in [0.05, 0.1) is 7.11 Å². The Morgan fingerprint density at radius 1 is 1.25 bits per heavy atom. The molecule has 7 heteroatoms. The number of benzene rings is 1. The Bertz CT molecular complexity index is 703. The number of carbonyl (C=O) groups excluding carboxylic acids is 2. The first-order valence-electron chi connectivity index (χ1n) is 9.44. The minimum atomic E-state index is -0.526. The van der Waals surface area contributed by atoms with E-state index in [1.54, 1.807) is 29.2 Å². The Kier molecular flexibility index (Phi) is 7.31. The molecular weight excluding hydrogens is 360 g/mol. The van der Waals surface area contributed by atoms with E-state index in [-0.39, 0.29) is 11.9 Å². The SMILES string of the molecule is C=CCOc1ccc(C(=O)N2CCC(NC(=O)OC(C)(C)C)CC2)cc1OC. The van der Waals surface area contributed by atoms with Crippen molar-refractivity contribution in [3.8, 4) is 11.5 Å². The van der Waals surface area contributed by atoms with E-state index in [9.17, 15) is 9.59 Å². The summed E-state index contributed by atoms with van der Waals surface area (Å²) >= 11 is 0. The number of methoxy groups -OCH3 is 1. The van der Waals surface area contributed by atoms with Crippen molar-refractivity contribution >= 4 is 12.0 Å². The summed E-state index contributed by atoms with van der Waals surface area (Å²) in [5, 5.41) is 2.88. The summed E-state index contributed by atoms with van der Waals surface area (Å²) in [5.74, 6) is 1.01. The third-order valence-electron chi connectivity index (χ3n) is 4.27. The number of nitrogens with one attached hydrogen (secondary N) is 1. The van der Waals surface area contributed by atoms with Crippen LogP contribution >= 0.6 is 0 Å². The highest BCUT2D eigenvalue weighted by Gasteiger charge is 2.26. The van der Waals surface area contributed by atoms with Crippen molar-refractivity contribution in [3.63, 3.8) is 0 Å². The topological polar surface area (TPSA) is 77.1 Å². The fraction of sp³-hybridized carbons (Fsp3) is 0.524. The third kappa shape index (κ3) is 6.18. The number of carbonyl (C=O) groups is 2. The van der Waals surface area contributed by atoms with Gasteiger partial charge in [0.15, 0.2) is 11.5 Å². The lowest BCUT2D eigenvalue weighted by Gasteiger charge is -2.33. The van der Waals surface area contributed by atoms with Crippen LogP contribution in [0.2, 0.25) is 0 Å². The Morgan fingerprint density at radius 2 is 1.93 bits per heavy atom. The van der Waals surface area contributed by atoms with Gasteiger partial charge >= 0.3 is 6.09 Å². The summed E-state index contributed by atoms with van der Waals surface area (Å²) in [6.07, 6.45) is 2.59. The molecule has 1 saturated heterocycles. The van der Waals surface area contributed by atoms with E-state index < -0.39 is 11.7 Å². The normalized spacial score (nSPS) is 14.9. The van der Waals surface area contributed by atoms with Gasteiger partial charge in [-0.1, -0.05) is 12.7 Å². The number of alkyl carbamates (subject to hydrolysis) is 1. The van der Waals surface area contributed by atoms with Gasteiger partial charge < -0.3 is 24.4 Å². The van der Waals surface area contributed by atoms with Crippen molar-refractivity contribution in [1.29, 1.82) is 0 Å². The van der Waals surface area contributed by atoms with Crippen molar-refractivity contribution in [2.75, 3.05) is 26.8 Å². The van der Waals surface area contributed by atoms with Crippen molar-refractivity contribution in [1.82, 2.24) is 10.2 Å². The maximum Gasteiger partial charge on any atom is 0.407 e. The Balaban J connectivity index is 1.92. The lowest BCUT2D eigenvalue weighted by molar-refractivity contribution is 0.0473. The molecule has 0 bridgehead atoms.